The summed E-state index contributed by atoms with van der Waals surface area (Å²) >= 11 is 0. The van der Waals surface area contributed by atoms with E-state index in [1.54, 1.807) is 29.2 Å². The monoisotopic (exact) mass is 408 g/mol. The number of carbonyl (C=O) groups excluding carboxylic acids is 2. The summed E-state index contributed by atoms with van der Waals surface area (Å²) in [4.78, 5) is 28.4. The fourth-order valence-corrected chi connectivity index (χ4v) is 5.08. The molecule has 2 saturated heterocycles. The number of sulfonamides is 1. The lowest BCUT2D eigenvalue weighted by atomic mass is 10.1. The lowest BCUT2D eigenvalue weighted by Gasteiger charge is -2.34. The quantitative estimate of drug-likeness (QED) is 0.741. The molecule has 2 aliphatic rings. The Hall–Kier alpha value is -2.13. The molecule has 0 bridgehead atoms. The number of hydrogen-bond donors (Lipinski definition) is 1. The van der Waals surface area contributed by atoms with E-state index in [-0.39, 0.29) is 17.6 Å². The first-order valence-corrected chi connectivity index (χ1v) is 11.4. The Kier molecular flexibility index (Phi) is 6.56. The number of benzene rings is 1. The molecule has 0 aromatic heterocycles. The maximum atomic E-state index is 12.7. The summed E-state index contributed by atoms with van der Waals surface area (Å²) in [6.45, 7) is 6.02. The topological polar surface area (TPSA) is 90.0 Å². The zero-order chi connectivity index (χ0) is 20.1. The van der Waals surface area contributed by atoms with Crippen molar-refractivity contribution in [3.8, 4) is 0 Å². The Bertz CT molecular complexity index is 802. The third-order valence-electron chi connectivity index (χ3n) is 5.10. The minimum absolute atomic E-state index is 0.0223. The summed E-state index contributed by atoms with van der Waals surface area (Å²) in [5.41, 5.74) is 1.16. The van der Waals surface area contributed by atoms with Gasteiger partial charge in [0.2, 0.25) is 15.9 Å². The van der Waals surface area contributed by atoms with Crippen molar-refractivity contribution in [3.63, 3.8) is 0 Å². The molecular weight excluding hydrogens is 380 g/mol. The molecule has 3 rings (SSSR count). The average Bonchev–Trinajstić information content (AvgIpc) is 3.05. The first-order chi connectivity index (χ1) is 13.4. The smallest absolute Gasteiger partial charge is 0.253 e. The molecule has 8 nitrogen and oxygen atoms in total. The number of anilines is 1. The van der Waals surface area contributed by atoms with E-state index in [1.165, 1.54) is 4.31 Å². The minimum Gasteiger partial charge on any atom is -0.355 e. The molecule has 0 atom stereocenters. The maximum Gasteiger partial charge on any atom is 0.253 e. The molecule has 0 saturated carbocycles. The van der Waals surface area contributed by atoms with Crippen LogP contribution in [0.1, 0.15) is 30.1 Å². The van der Waals surface area contributed by atoms with Gasteiger partial charge in [0.05, 0.1) is 18.0 Å². The number of nitrogens with one attached hydrogen (secondary N) is 1. The lowest BCUT2D eigenvalue weighted by molar-refractivity contribution is -0.122. The van der Waals surface area contributed by atoms with Crippen molar-refractivity contribution >= 4 is 27.5 Å². The van der Waals surface area contributed by atoms with Crippen LogP contribution in [0.5, 0.6) is 0 Å². The van der Waals surface area contributed by atoms with E-state index in [0.29, 0.717) is 63.5 Å². The molecule has 0 radical (unpaired) electrons. The summed E-state index contributed by atoms with van der Waals surface area (Å²) in [7, 11) is -3.22. The maximum absolute atomic E-state index is 12.7. The van der Waals surface area contributed by atoms with Crippen molar-refractivity contribution < 1.29 is 18.0 Å². The number of nitrogens with zero attached hydrogens (tertiary/aromatic N) is 3. The van der Waals surface area contributed by atoms with Crippen LogP contribution in [0, 0.1) is 0 Å². The number of piperazine rings is 1. The van der Waals surface area contributed by atoms with Crippen molar-refractivity contribution in [2.45, 2.75) is 19.8 Å². The second kappa shape index (κ2) is 8.91. The Morgan fingerprint density at radius 1 is 1.04 bits per heavy atom. The van der Waals surface area contributed by atoms with E-state index in [1.807, 2.05) is 6.92 Å². The first-order valence-electron chi connectivity index (χ1n) is 9.79. The Labute approximate surface area is 166 Å². The zero-order valence-electron chi connectivity index (χ0n) is 16.3. The molecule has 1 aromatic rings. The van der Waals surface area contributed by atoms with Gasteiger partial charge in [-0.25, -0.2) is 8.42 Å². The highest BCUT2D eigenvalue weighted by Gasteiger charge is 2.29. The second-order valence-electron chi connectivity index (χ2n) is 7.21. The van der Waals surface area contributed by atoms with Gasteiger partial charge in [0.25, 0.3) is 5.91 Å². The second-order valence-corrected chi connectivity index (χ2v) is 9.22. The number of hydrogen-bond acceptors (Lipinski definition) is 5. The molecule has 1 N–H and O–H groups in total. The number of amides is 2. The molecule has 28 heavy (non-hydrogen) atoms. The van der Waals surface area contributed by atoms with Crippen molar-refractivity contribution in [3.05, 3.63) is 29.8 Å². The van der Waals surface area contributed by atoms with Gasteiger partial charge >= 0.3 is 0 Å². The minimum atomic E-state index is -3.22. The highest BCUT2D eigenvalue weighted by Crippen LogP contribution is 2.24. The highest BCUT2D eigenvalue weighted by atomic mass is 32.2. The van der Waals surface area contributed by atoms with Crippen LogP contribution in [-0.4, -0.2) is 81.6 Å². The van der Waals surface area contributed by atoms with Crippen LogP contribution >= 0.6 is 0 Å². The van der Waals surface area contributed by atoms with Gasteiger partial charge in [0.15, 0.2) is 0 Å². The van der Waals surface area contributed by atoms with Crippen LogP contribution in [-0.2, 0) is 14.8 Å². The van der Waals surface area contributed by atoms with E-state index in [4.69, 9.17) is 0 Å². The highest BCUT2D eigenvalue weighted by molar-refractivity contribution is 7.93. The molecular formula is C19H28N4O4S. The van der Waals surface area contributed by atoms with Crippen LogP contribution in [0.25, 0.3) is 0 Å². The summed E-state index contributed by atoms with van der Waals surface area (Å²) in [6, 6.07) is 6.78. The normalized spacial score (nSPS) is 19.6. The SMILES string of the molecule is CCCNC(=O)CN1CCN(C(=O)c2ccc(N3CCCS3(=O)=O)cc2)CC1. The van der Waals surface area contributed by atoms with Crippen molar-refractivity contribution in [1.82, 2.24) is 15.1 Å². The molecule has 2 aliphatic heterocycles. The van der Waals surface area contributed by atoms with Gasteiger partial charge in [-0.2, -0.15) is 0 Å². The van der Waals surface area contributed by atoms with Gasteiger partial charge in [0.1, 0.15) is 0 Å². The van der Waals surface area contributed by atoms with Crippen molar-refractivity contribution in [2.24, 2.45) is 0 Å². The molecule has 0 spiro atoms. The molecule has 154 valence electrons. The van der Waals surface area contributed by atoms with E-state index >= 15 is 0 Å². The summed E-state index contributed by atoms with van der Waals surface area (Å²) in [5.74, 6) is 0.133. The molecule has 0 aliphatic carbocycles. The predicted molar refractivity (Wildman–Crippen MR) is 108 cm³/mol. The fraction of sp³-hybridized carbons (Fsp3) is 0.579. The predicted octanol–water partition coefficient (Wildman–Crippen LogP) is 0.511. The summed E-state index contributed by atoms with van der Waals surface area (Å²) < 4.78 is 25.4. The average molecular weight is 409 g/mol. The Morgan fingerprint density at radius 3 is 2.29 bits per heavy atom. The van der Waals surface area contributed by atoms with Crippen LogP contribution in [0.3, 0.4) is 0 Å². The van der Waals surface area contributed by atoms with Crippen LogP contribution in [0.4, 0.5) is 5.69 Å². The fourth-order valence-electron chi connectivity index (χ4n) is 3.51. The Balaban J connectivity index is 1.53. The van der Waals surface area contributed by atoms with Gasteiger partial charge in [-0.05, 0) is 37.1 Å². The molecule has 2 fully saturated rings. The molecule has 2 heterocycles. The van der Waals surface area contributed by atoms with Gasteiger partial charge < -0.3 is 10.2 Å². The van der Waals surface area contributed by atoms with E-state index in [9.17, 15) is 18.0 Å². The van der Waals surface area contributed by atoms with Crippen molar-refractivity contribution in [1.29, 1.82) is 0 Å². The van der Waals surface area contributed by atoms with Crippen LogP contribution < -0.4 is 9.62 Å². The van der Waals surface area contributed by atoms with Crippen LogP contribution in [0.15, 0.2) is 24.3 Å². The van der Waals surface area contributed by atoms with Gasteiger partial charge in [0, 0.05) is 44.8 Å². The Morgan fingerprint density at radius 2 is 1.71 bits per heavy atom. The summed E-state index contributed by atoms with van der Waals surface area (Å²) in [6.07, 6.45) is 1.54. The van der Waals surface area contributed by atoms with Gasteiger partial charge in [-0.1, -0.05) is 6.92 Å². The van der Waals surface area contributed by atoms with Gasteiger partial charge in [-0.15, -0.1) is 0 Å². The number of carbonyl (C=O) groups is 2. The lowest BCUT2D eigenvalue weighted by Crippen LogP contribution is -2.51. The zero-order valence-corrected chi connectivity index (χ0v) is 17.1. The largest absolute Gasteiger partial charge is 0.355 e. The van der Waals surface area contributed by atoms with E-state index in [0.717, 1.165) is 6.42 Å². The van der Waals surface area contributed by atoms with Crippen LogP contribution in [0.2, 0.25) is 0 Å². The van der Waals surface area contributed by atoms with Crippen molar-refractivity contribution in [2.75, 3.05) is 55.9 Å². The third kappa shape index (κ3) is 4.82. The molecule has 0 unspecified atom stereocenters. The van der Waals surface area contributed by atoms with E-state index < -0.39 is 10.0 Å². The standard InChI is InChI=1S/C19H28N4O4S/c1-2-8-20-18(24)15-21-10-12-22(13-11-21)19(25)16-4-6-17(7-5-16)23-9-3-14-28(23,26)27/h4-7H,2-3,8-15H2,1H3,(H,20,24). The molecule has 9 heteroatoms. The van der Waals surface area contributed by atoms with E-state index in [2.05, 4.69) is 10.2 Å². The third-order valence-corrected chi connectivity index (χ3v) is 6.97. The summed E-state index contributed by atoms with van der Waals surface area (Å²) in [5, 5.41) is 2.87. The molecule has 1 aromatic carbocycles. The number of rotatable bonds is 6. The molecule has 2 amide bonds. The van der Waals surface area contributed by atoms with Gasteiger partial charge in [-0.3, -0.25) is 18.8 Å². The first kappa shape index (κ1) is 20.6.